The van der Waals surface area contributed by atoms with E-state index in [2.05, 4.69) is 15.5 Å². The van der Waals surface area contributed by atoms with Crippen LogP contribution in [0.4, 0.5) is 5.13 Å². The number of hydrogen-bond acceptors (Lipinski definition) is 14. The highest BCUT2D eigenvalue weighted by atomic mass is 32.2. The predicted octanol–water partition coefficient (Wildman–Crippen LogP) is 2.08. The minimum Gasteiger partial charge on any atom is -0.427 e. The molecule has 3 atom stereocenters. The predicted molar refractivity (Wildman–Crippen MR) is 155 cm³/mol. The van der Waals surface area contributed by atoms with E-state index in [-0.39, 0.29) is 28.3 Å². The number of aromatic nitrogens is 1. The van der Waals surface area contributed by atoms with Gasteiger partial charge < -0.3 is 30.1 Å². The van der Waals surface area contributed by atoms with Gasteiger partial charge in [-0.2, -0.15) is 0 Å². The Kier molecular flexibility index (Phi) is 9.56. The number of nitrogen functional groups attached to an aromatic ring is 1. The third kappa shape index (κ3) is 6.20. The van der Waals surface area contributed by atoms with E-state index in [4.69, 9.17) is 24.8 Å². The average molecular weight is 628 g/mol. The zero-order valence-corrected chi connectivity index (χ0v) is 25.8. The van der Waals surface area contributed by atoms with Crippen LogP contribution in [0.1, 0.15) is 45.7 Å². The summed E-state index contributed by atoms with van der Waals surface area (Å²) in [5.41, 5.74) is 5.69. The maximum absolute atomic E-state index is 13.9. The first kappa shape index (κ1) is 31.1. The summed E-state index contributed by atoms with van der Waals surface area (Å²) in [4.78, 5) is 61.7. The van der Waals surface area contributed by atoms with E-state index in [9.17, 15) is 19.2 Å². The molecule has 41 heavy (non-hydrogen) atoms. The van der Waals surface area contributed by atoms with Crippen molar-refractivity contribution in [3.8, 4) is 0 Å². The Morgan fingerprint density at radius 1 is 1.32 bits per heavy atom. The second-order valence-electron chi connectivity index (χ2n) is 10.4. The normalized spacial score (nSPS) is 24.8. The largest absolute Gasteiger partial charge is 0.427 e. The zero-order chi connectivity index (χ0) is 29.9. The molecule has 2 saturated heterocycles. The van der Waals surface area contributed by atoms with E-state index in [0.717, 1.165) is 35.9 Å². The lowest BCUT2D eigenvalue weighted by Gasteiger charge is -2.56. The Balaban J connectivity index is 1.60. The third-order valence-electron chi connectivity index (χ3n) is 6.60. The number of nitrogens with one attached hydrogen (secondary N) is 1. The summed E-state index contributed by atoms with van der Waals surface area (Å²) in [6.07, 6.45) is 3.84. The molecule has 4 heterocycles. The Morgan fingerprint density at radius 2 is 2.07 bits per heavy atom. The van der Waals surface area contributed by atoms with E-state index in [0.29, 0.717) is 24.4 Å². The molecule has 2 amide bonds. The number of carbonyl (C=O) groups is 4. The van der Waals surface area contributed by atoms with Crippen molar-refractivity contribution >= 4 is 69.5 Å². The van der Waals surface area contributed by atoms with Crippen LogP contribution in [0, 0.1) is 5.41 Å². The first-order chi connectivity index (χ1) is 19.4. The van der Waals surface area contributed by atoms with Crippen LogP contribution in [0.2, 0.25) is 0 Å². The fourth-order valence-corrected chi connectivity index (χ4v) is 7.72. The molecule has 3 N–H and O–H groups in total. The average Bonchev–Trinajstić information content (AvgIpc) is 3.38. The number of oxime groups is 1. The Bertz CT molecular complexity index is 1270. The van der Waals surface area contributed by atoms with E-state index >= 15 is 0 Å². The van der Waals surface area contributed by atoms with Gasteiger partial charge in [0.1, 0.15) is 23.9 Å². The molecule has 1 aromatic heterocycles. The fourth-order valence-electron chi connectivity index (χ4n) is 4.50. The summed E-state index contributed by atoms with van der Waals surface area (Å²) in [5.74, 6) is -2.19. The molecule has 0 aliphatic carbocycles. The second kappa shape index (κ2) is 12.6. The molecule has 2 unspecified atom stereocenters. The zero-order valence-electron chi connectivity index (χ0n) is 23.4. The van der Waals surface area contributed by atoms with Gasteiger partial charge in [0.2, 0.25) is 6.79 Å². The minimum absolute atomic E-state index is 0.0504. The van der Waals surface area contributed by atoms with Crippen molar-refractivity contribution in [1.82, 2.24) is 15.2 Å². The molecule has 16 heteroatoms. The number of thioether (sulfide) groups is 2. The number of ether oxygens (including phenoxy) is 3. The lowest BCUT2D eigenvalue weighted by molar-refractivity contribution is -0.173. The molecule has 0 radical (unpaired) electrons. The molecule has 0 bridgehead atoms. The number of nitrogens with two attached hydrogens (primary N) is 1. The van der Waals surface area contributed by atoms with Gasteiger partial charge in [0.15, 0.2) is 15.7 Å². The van der Waals surface area contributed by atoms with Crippen LogP contribution in [-0.4, -0.2) is 88.2 Å². The Hall–Kier alpha value is -2.82. The number of anilines is 1. The topological polar surface area (TPSA) is 172 Å². The molecule has 4 rings (SSSR count). The summed E-state index contributed by atoms with van der Waals surface area (Å²) < 4.78 is 16.4. The molecule has 1 aromatic rings. The van der Waals surface area contributed by atoms with Gasteiger partial charge in [0, 0.05) is 17.7 Å². The number of thiazole rings is 1. The summed E-state index contributed by atoms with van der Waals surface area (Å²) in [7, 11) is 1.29. The van der Waals surface area contributed by atoms with Gasteiger partial charge in [-0.05, 0) is 51.9 Å². The van der Waals surface area contributed by atoms with Gasteiger partial charge >= 0.3 is 11.9 Å². The van der Waals surface area contributed by atoms with Gasteiger partial charge in [0.05, 0.1) is 11.5 Å². The standard InChI is InChI=1S/C25H33N5O8S3/c1-24(2,3)22(34)38-12-37-19(32)17-13(15-8-6-7-9-36-15)10-40-21-25(39-5,20(33)30(17)21)28-18(31)16(29-35-4)14-11-41-23(26)27-14/h11,15,21H,6-10,12H2,1-5H3,(H2,26,27)(H,28,31)/b29-16-/t15?,21-,25?/m0/s1. The Morgan fingerprint density at radius 3 is 2.66 bits per heavy atom. The molecule has 0 spiro atoms. The number of amides is 2. The fraction of sp³-hybridized carbons (Fsp3) is 0.600. The monoisotopic (exact) mass is 627 g/mol. The van der Waals surface area contributed by atoms with Crippen LogP contribution in [0.15, 0.2) is 21.8 Å². The highest BCUT2D eigenvalue weighted by Gasteiger charge is 2.66. The highest BCUT2D eigenvalue weighted by molar-refractivity contribution is 8.05. The first-order valence-electron chi connectivity index (χ1n) is 12.8. The number of carbonyl (C=O) groups excluding carboxylic acids is 4. The molecule has 0 aromatic carbocycles. The molecule has 13 nitrogen and oxygen atoms in total. The number of β-lactam (4-membered cyclic amide) rings is 1. The SMILES string of the molecule is CO/N=C(\C(=O)NC1(SC)C(=O)N2C(C(=O)OCOC(=O)C(C)(C)C)=C(C3CCCCO3)CS[C@H]21)c1csc(N)n1. The van der Waals surface area contributed by atoms with E-state index in [1.165, 1.54) is 23.8 Å². The van der Waals surface area contributed by atoms with Crippen LogP contribution in [0.3, 0.4) is 0 Å². The van der Waals surface area contributed by atoms with Crippen LogP contribution < -0.4 is 11.1 Å². The minimum atomic E-state index is -1.42. The molecule has 3 aliphatic rings. The summed E-state index contributed by atoms with van der Waals surface area (Å²) in [5, 5.41) is 7.76. The summed E-state index contributed by atoms with van der Waals surface area (Å²) >= 11 is 3.67. The summed E-state index contributed by atoms with van der Waals surface area (Å²) in [6.45, 7) is 4.98. The van der Waals surface area contributed by atoms with Crippen LogP contribution in [-0.2, 0) is 38.2 Å². The van der Waals surface area contributed by atoms with Crippen molar-refractivity contribution in [2.45, 2.75) is 56.4 Å². The van der Waals surface area contributed by atoms with E-state index in [1.54, 1.807) is 32.4 Å². The second-order valence-corrected chi connectivity index (χ2v) is 13.4. The van der Waals surface area contributed by atoms with Crippen LogP contribution >= 0.6 is 34.9 Å². The lowest BCUT2D eigenvalue weighted by Crippen LogP contribution is -2.78. The first-order valence-corrected chi connectivity index (χ1v) is 15.9. The van der Waals surface area contributed by atoms with E-state index in [1.807, 2.05) is 0 Å². The van der Waals surface area contributed by atoms with Crippen molar-refractivity contribution in [2.75, 3.05) is 38.3 Å². The van der Waals surface area contributed by atoms with Crippen LogP contribution in [0.25, 0.3) is 0 Å². The molecular formula is C25H33N5O8S3. The maximum atomic E-state index is 13.9. The number of fused-ring (bicyclic) bond motifs is 1. The van der Waals surface area contributed by atoms with Crippen molar-refractivity contribution in [2.24, 2.45) is 10.6 Å². The molecule has 3 aliphatic heterocycles. The number of rotatable bonds is 9. The summed E-state index contributed by atoms with van der Waals surface area (Å²) in [6, 6.07) is 0. The van der Waals surface area contributed by atoms with Gasteiger partial charge in [0.25, 0.3) is 11.8 Å². The van der Waals surface area contributed by atoms with E-state index < -0.39 is 46.2 Å². The molecule has 224 valence electrons. The van der Waals surface area contributed by atoms with Gasteiger partial charge in [-0.3, -0.25) is 19.3 Å². The van der Waals surface area contributed by atoms with Crippen molar-refractivity contribution in [3.63, 3.8) is 0 Å². The maximum Gasteiger partial charge on any atom is 0.358 e. The quantitative estimate of drug-likeness (QED) is 0.134. The number of nitrogens with zero attached hydrogens (tertiary/aromatic N) is 3. The Labute approximate surface area is 249 Å². The molecular weight excluding hydrogens is 595 g/mol. The smallest absolute Gasteiger partial charge is 0.358 e. The van der Waals surface area contributed by atoms with Crippen LogP contribution in [0.5, 0.6) is 0 Å². The highest BCUT2D eigenvalue weighted by Crippen LogP contribution is 2.51. The van der Waals surface area contributed by atoms with Gasteiger partial charge in [-0.25, -0.2) is 9.78 Å². The molecule has 2 fully saturated rings. The lowest BCUT2D eigenvalue weighted by atomic mass is 9.96. The number of esters is 2. The third-order valence-corrected chi connectivity index (χ3v) is 9.92. The van der Waals surface area contributed by atoms with Gasteiger partial charge in [-0.15, -0.1) is 34.9 Å². The van der Waals surface area contributed by atoms with Crippen molar-refractivity contribution in [3.05, 3.63) is 22.3 Å². The van der Waals surface area contributed by atoms with Crippen molar-refractivity contribution < 1.29 is 38.2 Å². The van der Waals surface area contributed by atoms with Crippen molar-refractivity contribution in [1.29, 1.82) is 0 Å². The van der Waals surface area contributed by atoms with Gasteiger partial charge in [-0.1, -0.05) is 5.16 Å². The molecule has 0 saturated carbocycles. The number of hydrogen-bond donors (Lipinski definition) is 2.